The van der Waals surface area contributed by atoms with E-state index in [1.165, 1.54) is 64.6 Å². The zero-order valence-electron chi connectivity index (χ0n) is 30.4. The number of nitrogens with zero attached hydrogens (tertiary/aromatic N) is 5. The molecule has 13 aromatic rings. The van der Waals surface area contributed by atoms with Gasteiger partial charge in [0.1, 0.15) is 5.01 Å². The Bertz CT molecular complexity index is 3750. The van der Waals surface area contributed by atoms with E-state index in [1.54, 1.807) is 11.3 Å². The molecular weight excluding hydrogens is 715 g/mol. The van der Waals surface area contributed by atoms with Gasteiger partial charge in [0.05, 0.1) is 49.0 Å². The molecule has 0 aliphatic rings. The van der Waals surface area contributed by atoms with Crippen LogP contribution >= 0.6 is 11.3 Å². The number of aromatic nitrogens is 5. The molecule has 0 saturated carbocycles. The van der Waals surface area contributed by atoms with Gasteiger partial charge in [-0.25, -0.2) is 15.0 Å². The van der Waals surface area contributed by atoms with Gasteiger partial charge in [0.15, 0.2) is 5.82 Å². The van der Waals surface area contributed by atoms with Gasteiger partial charge in [-0.05, 0) is 66.7 Å². The molecule has 0 aliphatic carbocycles. The van der Waals surface area contributed by atoms with Crippen LogP contribution in [0.15, 0.2) is 176 Å². The van der Waals surface area contributed by atoms with Gasteiger partial charge in [-0.3, -0.25) is 0 Å². The summed E-state index contributed by atoms with van der Waals surface area (Å²) in [5, 5.41) is 9.35. The van der Waals surface area contributed by atoms with Gasteiger partial charge in [0.25, 0.3) is 0 Å². The summed E-state index contributed by atoms with van der Waals surface area (Å²) in [6.45, 7) is 0. The zero-order chi connectivity index (χ0) is 37.2. The Morgan fingerprint density at radius 1 is 0.404 bits per heavy atom. The van der Waals surface area contributed by atoms with Gasteiger partial charge in [0.2, 0.25) is 0 Å². The lowest BCUT2D eigenvalue weighted by Crippen LogP contribution is -1.96. The predicted octanol–water partition coefficient (Wildman–Crippen LogP) is 13.5. The van der Waals surface area contributed by atoms with E-state index in [2.05, 4.69) is 185 Å². The highest BCUT2D eigenvalue weighted by Crippen LogP contribution is 2.46. The fourth-order valence-electron chi connectivity index (χ4n) is 9.19. The molecule has 0 saturated heterocycles. The minimum Gasteiger partial charge on any atom is -0.309 e. The van der Waals surface area contributed by atoms with Crippen molar-refractivity contribution in [3.05, 3.63) is 176 Å². The zero-order valence-corrected chi connectivity index (χ0v) is 31.2. The lowest BCUT2D eigenvalue weighted by Gasteiger charge is -2.11. The SMILES string of the molecule is c1ccc(-c2nc3cc4c5ccccc5n5c6ccc(-c7nc(-c8ccc9c(c8)c8ccccc8n9-c8ccccc8)c8ccccc8n7)cc6c(c3s2)c45)cc1. The van der Waals surface area contributed by atoms with Gasteiger partial charge in [-0.15, -0.1) is 11.3 Å². The summed E-state index contributed by atoms with van der Waals surface area (Å²) in [4.78, 5) is 15.9. The molecule has 57 heavy (non-hydrogen) atoms. The largest absolute Gasteiger partial charge is 0.309 e. The van der Waals surface area contributed by atoms with Crippen LogP contribution in [0.1, 0.15) is 0 Å². The Hall–Kier alpha value is -7.41. The number of thiazole rings is 1. The molecule has 0 atom stereocenters. The Morgan fingerprint density at radius 3 is 1.88 bits per heavy atom. The summed E-state index contributed by atoms with van der Waals surface area (Å²) < 4.78 is 5.99. The molecule has 5 aromatic heterocycles. The quantitative estimate of drug-likeness (QED) is 0.180. The molecule has 0 spiro atoms. The summed E-state index contributed by atoms with van der Waals surface area (Å²) in [5.41, 5.74) is 13.1. The number of fused-ring (bicyclic) bond motifs is 12. The molecule has 0 amide bonds. The first-order chi connectivity index (χ1) is 28.3. The maximum atomic E-state index is 5.43. The van der Waals surface area contributed by atoms with Crippen LogP contribution in [0.2, 0.25) is 0 Å². The minimum atomic E-state index is 0.706. The van der Waals surface area contributed by atoms with Crippen molar-refractivity contribution in [2.45, 2.75) is 0 Å². The van der Waals surface area contributed by atoms with Crippen LogP contribution in [0.4, 0.5) is 0 Å². The van der Waals surface area contributed by atoms with E-state index in [0.717, 1.165) is 49.5 Å². The number of para-hydroxylation sites is 4. The van der Waals surface area contributed by atoms with Crippen molar-refractivity contribution in [1.82, 2.24) is 23.9 Å². The lowest BCUT2D eigenvalue weighted by atomic mass is 10.0. The standard InChI is InChI=1S/C51H29N5S/c1-3-13-30(14-4-1)51-53-41-29-38-35-18-9-12-22-43(35)56-45-26-24-32(28-39(45)46(48(38)56)49(41)57-51)50-52-40-20-10-7-19-36(40)47(54-50)31-23-25-44-37(27-31)34-17-8-11-21-42(34)55(44)33-15-5-2-6-16-33/h1-29H. The third-order valence-electron chi connectivity index (χ3n) is 11.7. The summed E-state index contributed by atoms with van der Waals surface area (Å²) in [5.74, 6) is 0.706. The smallest absolute Gasteiger partial charge is 0.160 e. The van der Waals surface area contributed by atoms with E-state index in [4.69, 9.17) is 15.0 Å². The number of hydrogen-bond donors (Lipinski definition) is 0. The van der Waals surface area contributed by atoms with E-state index in [1.807, 2.05) is 0 Å². The van der Waals surface area contributed by atoms with Crippen LogP contribution in [0.5, 0.6) is 0 Å². The van der Waals surface area contributed by atoms with Crippen LogP contribution < -0.4 is 0 Å². The molecule has 264 valence electrons. The fraction of sp³-hybridized carbons (Fsp3) is 0. The molecule has 5 heterocycles. The Labute approximate surface area is 329 Å². The molecule has 8 aromatic carbocycles. The molecular formula is C51H29N5S. The van der Waals surface area contributed by atoms with Crippen LogP contribution in [-0.2, 0) is 0 Å². The second-order valence-corrected chi connectivity index (χ2v) is 15.8. The normalized spacial score (nSPS) is 12.2. The van der Waals surface area contributed by atoms with E-state index in [-0.39, 0.29) is 0 Å². The average Bonchev–Trinajstić information content (AvgIpc) is 4.03. The van der Waals surface area contributed by atoms with Crippen molar-refractivity contribution in [2.24, 2.45) is 0 Å². The van der Waals surface area contributed by atoms with Gasteiger partial charge in [-0.1, -0.05) is 109 Å². The molecule has 0 unspecified atom stereocenters. The molecule has 0 radical (unpaired) electrons. The third-order valence-corrected chi connectivity index (χ3v) is 12.8. The van der Waals surface area contributed by atoms with Crippen LogP contribution in [-0.4, -0.2) is 23.9 Å². The first-order valence-corrected chi connectivity index (χ1v) is 20.0. The Morgan fingerprint density at radius 2 is 1.04 bits per heavy atom. The topological polar surface area (TPSA) is 48.0 Å². The molecule has 5 nitrogen and oxygen atoms in total. The second kappa shape index (κ2) is 11.6. The number of hydrogen-bond acceptors (Lipinski definition) is 4. The lowest BCUT2D eigenvalue weighted by molar-refractivity contribution is 1.18. The van der Waals surface area contributed by atoms with Gasteiger partial charge in [-0.2, -0.15) is 0 Å². The molecule has 0 bridgehead atoms. The van der Waals surface area contributed by atoms with E-state index in [9.17, 15) is 0 Å². The minimum absolute atomic E-state index is 0.706. The molecule has 6 heteroatoms. The van der Waals surface area contributed by atoms with Crippen molar-refractivity contribution in [3.8, 4) is 38.9 Å². The first-order valence-electron chi connectivity index (χ1n) is 19.2. The summed E-state index contributed by atoms with van der Waals surface area (Å²) in [6, 6.07) is 62.7. The molecule has 13 rings (SSSR count). The molecule has 0 N–H and O–H groups in total. The monoisotopic (exact) mass is 743 g/mol. The van der Waals surface area contributed by atoms with Gasteiger partial charge >= 0.3 is 0 Å². The van der Waals surface area contributed by atoms with E-state index >= 15 is 0 Å². The Balaban J connectivity index is 1.05. The highest BCUT2D eigenvalue weighted by atomic mass is 32.1. The van der Waals surface area contributed by atoms with Crippen molar-refractivity contribution in [3.63, 3.8) is 0 Å². The first kappa shape index (κ1) is 30.9. The third kappa shape index (κ3) is 4.36. The van der Waals surface area contributed by atoms with Crippen molar-refractivity contribution in [2.75, 3.05) is 0 Å². The van der Waals surface area contributed by atoms with Gasteiger partial charge in [0, 0.05) is 60.1 Å². The van der Waals surface area contributed by atoms with Crippen molar-refractivity contribution in [1.29, 1.82) is 0 Å². The number of benzene rings is 8. The van der Waals surface area contributed by atoms with Crippen LogP contribution in [0.3, 0.4) is 0 Å². The summed E-state index contributed by atoms with van der Waals surface area (Å²) in [7, 11) is 0. The highest BCUT2D eigenvalue weighted by molar-refractivity contribution is 7.22. The highest BCUT2D eigenvalue weighted by Gasteiger charge is 2.23. The second-order valence-electron chi connectivity index (χ2n) is 14.8. The Kier molecular flexibility index (Phi) is 6.26. The predicted molar refractivity (Wildman–Crippen MR) is 238 cm³/mol. The summed E-state index contributed by atoms with van der Waals surface area (Å²) in [6.07, 6.45) is 0. The molecule has 0 aliphatic heterocycles. The van der Waals surface area contributed by atoms with Crippen molar-refractivity contribution >= 4 is 92.4 Å². The van der Waals surface area contributed by atoms with Crippen LogP contribution in [0.25, 0.3) is 120 Å². The van der Waals surface area contributed by atoms with Gasteiger partial charge < -0.3 is 8.97 Å². The number of rotatable bonds is 4. The maximum absolute atomic E-state index is 5.43. The van der Waals surface area contributed by atoms with Crippen LogP contribution in [0, 0.1) is 0 Å². The fourth-order valence-corrected chi connectivity index (χ4v) is 10.3. The maximum Gasteiger partial charge on any atom is 0.160 e. The molecule has 0 fully saturated rings. The van der Waals surface area contributed by atoms with E-state index < -0.39 is 0 Å². The van der Waals surface area contributed by atoms with E-state index in [0.29, 0.717) is 5.82 Å². The average molecular weight is 744 g/mol. The van der Waals surface area contributed by atoms with Crippen molar-refractivity contribution < 1.29 is 0 Å². The summed E-state index contributed by atoms with van der Waals surface area (Å²) >= 11 is 1.77.